The number of benzene rings is 1. The number of nitrogens with zero attached hydrogens (tertiary/aromatic N) is 2. The van der Waals surface area contributed by atoms with E-state index < -0.39 is 15.8 Å². The molecule has 3 rings (SSSR count). The quantitative estimate of drug-likeness (QED) is 0.675. The van der Waals surface area contributed by atoms with Crippen LogP contribution in [0.15, 0.2) is 57.0 Å². The third-order valence-electron chi connectivity index (χ3n) is 2.91. The molecular weight excluding hydrogens is 343 g/mol. The molecule has 2 heterocycles. The van der Waals surface area contributed by atoms with Crippen LogP contribution in [0.1, 0.15) is 0 Å². The summed E-state index contributed by atoms with van der Waals surface area (Å²) in [5.74, 6) is -0.412. The van der Waals surface area contributed by atoms with E-state index in [0.29, 0.717) is 10.2 Å². The van der Waals surface area contributed by atoms with Crippen LogP contribution in [0.2, 0.25) is 0 Å². The minimum atomic E-state index is -3.79. The van der Waals surface area contributed by atoms with Gasteiger partial charge in [0.1, 0.15) is 10.0 Å². The molecule has 0 saturated carbocycles. The van der Waals surface area contributed by atoms with E-state index in [1.165, 1.54) is 16.7 Å². The Morgan fingerprint density at radius 2 is 2.14 bits per heavy atom. The van der Waals surface area contributed by atoms with Crippen LogP contribution in [0, 0.1) is 5.82 Å². The Kier molecular flexibility index (Phi) is 3.98. The average Bonchev–Trinajstić information content (AvgIpc) is 3.09. The molecule has 0 radical (unpaired) electrons. The smallest absolute Gasteiger partial charge is 0.294 e. The summed E-state index contributed by atoms with van der Waals surface area (Å²) in [5, 5.41) is 1.67. The van der Waals surface area contributed by atoms with Crippen molar-refractivity contribution in [1.82, 2.24) is 4.57 Å². The molecule has 0 bridgehead atoms. The van der Waals surface area contributed by atoms with Crippen molar-refractivity contribution in [3.8, 4) is 0 Å². The lowest BCUT2D eigenvalue weighted by Gasteiger charge is -2.01. The molecule has 0 unspecified atom stereocenters. The Bertz CT molecular complexity index is 999. The summed E-state index contributed by atoms with van der Waals surface area (Å²) in [4.78, 5) is 0.230. The van der Waals surface area contributed by atoms with Gasteiger partial charge in [-0.05, 0) is 23.6 Å². The number of fused-ring (bicyclic) bond motifs is 1. The lowest BCUT2D eigenvalue weighted by atomic mass is 10.3. The molecule has 1 aromatic carbocycles. The van der Waals surface area contributed by atoms with Gasteiger partial charge in [0.05, 0.1) is 10.2 Å². The molecule has 3 aromatic rings. The maximum Gasteiger partial charge on any atom is 0.294 e. The lowest BCUT2D eigenvalue weighted by Crippen LogP contribution is -2.16. The third kappa shape index (κ3) is 2.65. The van der Waals surface area contributed by atoms with Gasteiger partial charge in [0.15, 0.2) is 0 Å². The number of para-hydroxylation sites is 1. The Balaban J connectivity index is 2.31. The van der Waals surface area contributed by atoms with Gasteiger partial charge < -0.3 is 4.57 Å². The minimum absolute atomic E-state index is 0.163. The maximum atomic E-state index is 14.1. The van der Waals surface area contributed by atoms with E-state index in [4.69, 9.17) is 0 Å². The molecule has 2 aromatic heterocycles. The minimum Gasteiger partial charge on any atom is -0.309 e. The summed E-state index contributed by atoms with van der Waals surface area (Å²) in [5.41, 5.74) is 0.340. The molecule has 0 amide bonds. The first-order valence-electron chi connectivity index (χ1n) is 6.26. The second kappa shape index (κ2) is 5.79. The molecule has 0 saturated heterocycles. The number of hydrogen-bond donors (Lipinski definition) is 0. The number of thiophene rings is 1. The second-order valence-corrected chi connectivity index (χ2v) is 8.16. The van der Waals surface area contributed by atoms with Crippen LogP contribution in [-0.4, -0.2) is 13.0 Å². The van der Waals surface area contributed by atoms with Gasteiger partial charge in [-0.15, -0.1) is 22.3 Å². The van der Waals surface area contributed by atoms with Crippen LogP contribution in [0.25, 0.3) is 10.2 Å². The molecule has 22 heavy (non-hydrogen) atoms. The normalized spacial score (nSPS) is 12.9. The largest absolute Gasteiger partial charge is 0.309 e. The third-order valence-corrected chi connectivity index (χ3v) is 6.71. The van der Waals surface area contributed by atoms with E-state index in [1.807, 2.05) is 0 Å². The SMILES string of the molecule is C=CCn1/c(=N/S(=O)(=O)c2cccs2)sc2cccc(F)c21. The van der Waals surface area contributed by atoms with Crippen molar-refractivity contribution in [1.29, 1.82) is 0 Å². The molecular formula is C14H11FN2O2S3. The van der Waals surface area contributed by atoms with Crippen LogP contribution < -0.4 is 4.80 Å². The first-order chi connectivity index (χ1) is 10.5. The molecule has 8 heteroatoms. The Labute approximate surface area is 134 Å². The Morgan fingerprint density at radius 1 is 1.32 bits per heavy atom. The number of rotatable bonds is 4. The Hall–Kier alpha value is -1.77. The number of allylic oxidation sites excluding steroid dienone is 1. The molecule has 0 aliphatic carbocycles. The highest BCUT2D eigenvalue weighted by molar-refractivity contribution is 7.92. The summed E-state index contributed by atoms with van der Waals surface area (Å²) in [6.07, 6.45) is 1.58. The van der Waals surface area contributed by atoms with Crippen LogP contribution in [0.5, 0.6) is 0 Å². The fourth-order valence-corrected chi connectivity index (χ4v) is 5.24. The van der Waals surface area contributed by atoms with Crippen LogP contribution in [0.3, 0.4) is 0 Å². The number of aromatic nitrogens is 1. The maximum absolute atomic E-state index is 14.1. The molecule has 0 aliphatic rings. The summed E-state index contributed by atoms with van der Waals surface area (Å²) in [6.45, 7) is 3.91. The van der Waals surface area contributed by atoms with Crippen molar-refractivity contribution in [2.45, 2.75) is 10.8 Å². The zero-order valence-corrected chi connectivity index (χ0v) is 13.7. The standard InChI is InChI=1S/C14H11FN2O2S3/c1-2-8-17-13-10(15)5-3-6-11(13)21-14(17)16-22(18,19)12-7-4-9-20-12/h2-7,9H,1,8H2/b16-14-. The monoisotopic (exact) mass is 354 g/mol. The van der Waals surface area contributed by atoms with Crippen molar-refractivity contribution in [2.75, 3.05) is 0 Å². The first kappa shape index (κ1) is 15.1. The van der Waals surface area contributed by atoms with Gasteiger partial charge in [-0.3, -0.25) is 0 Å². The van der Waals surface area contributed by atoms with Gasteiger partial charge in [-0.1, -0.05) is 29.5 Å². The van der Waals surface area contributed by atoms with Gasteiger partial charge in [0.25, 0.3) is 10.0 Å². The predicted molar refractivity (Wildman–Crippen MR) is 87.0 cm³/mol. The second-order valence-electron chi connectivity index (χ2n) is 4.37. The number of hydrogen-bond acceptors (Lipinski definition) is 4. The highest BCUT2D eigenvalue weighted by Gasteiger charge is 2.16. The fourth-order valence-electron chi connectivity index (χ4n) is 2.01. The van der Waals surface area contributed by atoms with Crippen LogP contribution >= 0.6 is 22.7 Å². The van der Waals surface area contributed by atoms with E-state index in [0.717, 1.165) is 22.7 Å². The molecule has 4 nitrogen and oxygen atoms in total. The zero-order valence-electron chi connectivity index (χ0n) is 11.3. The number of halogens is 1. The summed E-state index contributed by atoms with van der Waals surface area (Å²) >= 11 is 2.23. The zero-order chi connectivity index (χ0) is 15.7. The topological polar surface area (TPSA) is 51.4 Å². The summed E-state index contributed by atoms with van der Waals surface area (Å²) < 4.78 is 44.9. The van der Waals surface area contributed by atoms with E-state index in [1.54, 1.807) is 29.7 Å². The highest BCUT2D eigenvalue weighted by atomic mass is 32.2. The molecule has 0 spiro atoms. The van der Waals surface area contributed by atoms with Crippen LogP contribution in [0.4, 0.5) is 4.39 Å². The Morgan fingerprint density at radius 3 is 2.82 bits per heavy atom. The van der Waals surface area contributed by atoms with E-state index in [-0.39, 0.29) is 15.6 Å². The molecule has 0 atom stereocenters. The van der Waals surface area contributed by atoms with Crippen molar-refractivity contribution >= 4 is 42.9 Å². The van der Waals surface area contributed by atoms with Gasteiger partial charge in [-0.2, -0.15) is 8.42 Å². The van der Waals surface area contributed by atoms with E-state index >= 15 is 0 Å². The van der Waals surface area contributed by atoms with E-state index in [9.17, 15) is 12.8 Å². The van der Waals surface area contributed by atoms with E-state index in [2.05, 4.69) is 11.0 Å². The highest BCUT2D eigenvalue weighted by Crippen LogP contribution is 2.22. The van der Waals surface area contributed by atoms with Crippen LogP contribution in [-0.2, 0) is 16.6 Å². The number of sulfonamides is 1. The van der Waals surface area contributed by atoms with Crippen molar-refractivity contribution in [3.63, 3.8) is 0 Å². The average molecular weight is 354 g/mol. The summed E-state index contributed by atoms with van der Waals surface area (Å²) in [7, 11) is -3.79. The molecule has 114 valence electrons. The molecule has 0 fully saturated rings. The first-order valence-corrected chi connectivity index (χ1v) is 9.40. The fraction of sp³-hybridized carbons (Fsp3) is 0.0714. The van der Waals surface area contributed by atoms with Gasteiger partial charge in [0, 0.05) is 6.54 Å². The van der Waals surface area contributed by atoms with Gasteiger partial charge in [-0.25, -0.2) is 4.39 Å². The molecule has 0 aliphatic heterocycles. The van der Waals surface area contributed by atoms with Gasteiger partial charge >= 0.3 is 0 Å². The summed E-state index contributed by atoms with van der Waals surface area (Å²) in [6, 6.07) is 7.81. The van der Waals surface area contributed by atoms with Gasteiger partial charge in [0.2, 0.25) is 4.80 Å². The van der Waals surface area contributed by atoms with Crippen molar-refractivity contribution in [2.24, 2.45) is 4.40 Å². The lowest BCUT2D eigenvalue weighted by molar-refractivity contribution is 0.597. The van der Waals surface area contributed by atoms with Crippen molar-refractivity contribution in [3.05, 3.63) is 59.0 Å². The number of thiazole rings is 1. The predicted octanol–water partition coefficient (Wildman–Crippen LogP) is 3.38. The van der Waals surface area contributed by atoms with Crippen molar-refractivity contribution < 1.29 is 12.8 Å². The molecule has 0 N–H and O–H groups in total.